The third-order valence-corrected chi connectivity index (χ3v) is 3.59. The van der Waals surface area contributed by atoms with Gasteiger partial charge in [0.2, 0.25) is 0 Å². The van der Waals surface area contributed by atoms with Crippen LogP contribution in [0.2, 0.25) is 4.34 Å². The van der Waals surface area contributed by atoms with Crippen molar-refractivity contribution in [2.24, 2.45) is 0 Å². The molecule has 0 amide bonds. The van der Waals surface area contributed by atoms with Crippen molar-refractivity contribution in [3.8, 4) is 0 Å². The van der Waals surface area contributed by atoms with Crippen LogP contribution in [0.25, 0.3) is 0 Å². The van der Waals surface area contributed by atoms with Gasteiger partial charge >= 0.3 is 0 Å². The summed E-state index contributed by atoms with van der Waals surface area (Å²) < 4.78 is 0.858. The van der Waals surface area contributed by atoms with Gasteiger partial charge in [-0.2, -0.15) is 0 Å². The zero-order valence-corrected chi connectivity index (χ0v) is 9.35. The normalized spacial score (nSPS) is 13.2. The minimum atomic E-state index is 0.495. The van der Waals surface area contributed by atoms with Gasteiger partial charge < -0.3 is 0 Å². The van der Waals surface area contributed by atoms with Crippen molar-refractivity contribution in [2.75, 3.05) is 5.88 Å². The number of hydrogen-bond donors (Lipinski definition) is 0. The Morgan fingerprint density at radius 2 is 2.25 bits per heavy atom. The predicted molar refractivity (Wildman–Crippen MR) is 57.7 cm³/mol. The number of hydrogen-bond acceptors (Lipinski definition) is 1. The molecule has 0 aliphatic carbocycles. The highest BCUT2D eigenvalue weighted by Gasteiger charge is 2.10. The minimum Gasteiger partial charge on any atom is -0.128 e. The Balaban J connectivity index is 2.66. The van der Waals surface area contributed by atoms with Gasteiger partial charge in [0.25, 0.3) is 0 Å². The molecule has 0 saturated carbocycles. The highest BCUT2D eigenvalue weighted by Crippen LogP contribution is 2.31. The van der Waals surface area contributed by atoms with Gasteiger partial charge in [-0.05, 0) is 18.6 Å². The lowest BCUT2D eigenvalue weighted by atomic mass is 10.0. The van der Waals surface area contributed by atoms with E-state index in [2.05, 4.69) is 13.0 Å². The van der Waals surface area contributed by atoms with Crippen LogP contribution >= 0.6 is 34.5 Å². The van der Waals surface area contributed by atoms with Crippen LogP contribution in [0, 0.1) is 0 Å². The van der Waals surface area contributed by atoms with Crippen molar-refractivity contribution < 1.29 is 0 Å². The van der Waals surface area contributed by atoms with Crippen LogP contribution in [0.5, 0.6) is 0 Å². The lowest BCUT2D eigenvalue weighted by Gasteiger charge is -2.09. The topological polar surface area (TPSA) is 0 Å². The van der Waals surface area contributed by atoms with E-state index in [1.165, 1.54) is 11.3 Å². The van der Waals surface area contributed by atoms with Gasteiger partial charge in [0, 0.05) is 16.7 Å². The molecule has 3 heteroatoms. The van der Waals surface area contributed by atoms with Crippen LogP contribution in [0.15, 0.2) is 12.1 Å². The maximum atomic E-state index is 5.85. The summed E-state index contributed by atoms with van der Waals surface area (Å²) in [6.45, 7) is 2.18. The Kier molecular flexibility index (Phi) is 4.41. The summed E-state index contributed by atoms with van der Waals surface area (Å²) in [5.74, 6) is 1.19. The van der Waals surface area contributed by atoms with E-state index >= 15 is 0 Å². The van der Waals surface area contributed by atoms with Crippen LogP contribution in [-0.2, 0) is 0 Å². The average molecular weight is 223 g/mol. The Morgan fingerprint density at radius 1 is 1.50 bits per heavy atom. The lowest BCUT2D eigenvalue weighted by Crippen LogP contribution is -1.96. The summed E-state index contributed by atoms with van der Waals surface area (Å²) in [6.07, 6.45) is 2.33. The zero-order valence-electron chi connectivity index (χ0n) is 7.02. The standard InChI is InChI=1S/C9H12Cl2S/c1-2-3-7(6-10)8-4-5-9(11)12-8/h4-5,7H,2-3,6H2,1H3. The largest absolute Gasteiger partial charge is 0.128 e. The van der Waals surface area contributed by atoms with Crippen molar-refractivity contribution in [3.63, 3.8) is 0 Å². The van der Waals surface area contributed by atoms with Gasteiger partial charge in [-0.25, -0.2) is 0 Å². The second-order valence-corrected chi connectivity index (χ2v) is 4.84. The minimum absolute atomic E-state index is 0.495. The van der Waals surface area contributed by atoms with E-state index < -0.39 is 0 Å². The Labute approximate surface area is 87.5 Å². The molecule has 1 aromatic rings. The number of rotatable bonds is 4. The third kappa shape index (κ3) is 2.65. The van der Waals surface area contributed by atoms with E-state index in [1.54, 1.807) is 11.3 Å². The van der Waals surface area contributed by atoms with E-state index in [0.717, 1.165) is 10.8 Å². The quantitative estimate of drug-likeness (QED) is 0.658. The molecule has 0 nitrogen and oxygen atoms in total. The first-order chi connectivity index (χ1) is 5.77. The van der Waals surface area contributed by atoms with Crippen LogP contribution in [0.4, 0.5) is 0 Å². The fourth-order valence-electron chi connectivity index (χ4n) is 1.19. The smallest absolute Gasteiger partial charge is 0.0931 e. The van der Waals surface area contributed by atoms with E-state index in [4.69, 9.17) is 23.2 Å². The molecule has 1 unspecified atom stereocenters. The molecule has 0 aliphatic rings. The molecular weight excluding hydrogens is 211 g/mol. The van der Waals surface area contributed by atoms with E-state index in [9.17, 15) is 0 Å². The molecule has 0 spiro atoms. The van der Waals surface area contributed by atoms with Crippen LogP contribution in [-0.4, -0.2) is 5.88 Å². The molecule has 12 heavy (non-hydrogen) atoms. The Hall–Kier alpha value is 0.280. The van der Waals surface area contributed by atoms with Crippen molar-refractivity contribution in [1.29, 1.82) is 0 Å². The molecule has 1 rings (SSSR count). The van der Waals surface area contributed by atoms with Crippen LogP contribution in [0.1, 0.15) is 30.6 Å². The maximum Gasteiger partial charge on any atom is 0.0931 e. The summed E-state index contributed by atoms with van der Waals surface area (Å²) in [6, 6.07) is 4.02. The van der Waals surface area contributed by atoms with Crippen molar-refractivity contribution in [3.05, 3.63) is 21.3 Å². The van der Waals surface area contributed by atoms with Gasteiger partial charge in [0.15, 0.2) is 0 Å². The van der Waals surface area contributed by atoms with Gasteiger partial charge in [-0.1, -0.05) is 24.9 Å². The zero-order chi connectivity index (χ0) is 8.97. The molecular formula is C9H12Cl2S. The first kappa shape index (κ1) is 10.4. The molecule has 0 saturated heterocycles. The van der Waals surface area contributed by atoms with Crippen molar-refractivity contribution in [1.82, 2.24) is 0 Å². The molecule has 0 bridgehead atoms. The first-order valence-electron chi connectivity index (χ1n) is 4.09. The van der Waals surface area contributed by atoms with Crippen LogP contribution in [0.3, 0.4) is 0 Å². The van der Waals surface area contributed by atoms with E-state index in [1.807, 2.05) is 6.07 Å². The molecule has 1 atom stereocenters. The van der Waals surface area contributed by atoms with E-state index in [-0.39, 0.29) is 0 Å². The molecule has 0 fully saturated rings. The Bertz CT molecular complexity index is 232. The number of alkyl halides is 1. The molecule has 0 N–H and O–H groups in total. The fourth-order valence-corrected chi connectivity index (χ4v) is 2.80. The summed E-state index contributed by atoms with van der Waals surface area (Å²) in [7, 11) is 0. The monoisotopic (exact) mass is 222 g/mol. The predicted octanol–water partition coefficient (Wildman–Crippen LogP) is 4.52. The van der Waals surface area contributed by atoms with Crippen molar-refractivity contribution >= 4 is 34.5 Å². The molecule has 0 radical (unpaired) electrons. The highest BCUT2D eigenvalue weighted by molar-refractivity contribution is 7.16. The molecule has 1 aromatic heterocycles. The maximum absolute atomic E-state index is 5.85. The highest BCUT2D eigenvalue weighted by atomic mass is 35.5. The second-order valence-electron chi connectivity index (χ2n) is 2.78. The molecule has 68 valence electrons. The molecule has 0 aromatic carbocycles. The summed E-state index contributed by atoms with van der Waals surface area (Å²) in [5.41, 5.74) is 0. The summed E-state index contributed by atoms with van der Waals surface area (Å²) >= 11 is 13.3. The molecule has 1 heterocycles. The average Bonchev–Trinajstić information content (AvgIpc) is 2.47. The summed E-state index contributed by atoms with van der Waals surface area (Å²) in [4.78, 5) is 1.32. The van der Waals surface area contributed by atoms with Gasteiger partial charge in [0.1, 0.15) is 0 Å². The third-order valence-electron chi connectivity index (χ3n) is 1.82. The van der Waals surface area contributed by atoms with Crippen molar-refractivity contribution in [2.45, 2.75) is 25.7 Å². The van der Waals surface area contributed by atoms with Gasteiger partial charge in [-0.3, -0.25) is 0 Å². The van der Waals surface area contributed by atoms with E-state index in [0.29, 0.717) is 11.8 Å². The fraction of sp³-hybridized carbons (Fsp3) is 0.556. The SMILES string of the molecule is CCCC(CCl)c1ccc(Cl)s1. The second kappa shape index (κ2) is 5.11. The summed E-state index contributed by atoms with van der Waals surface area (Å²) in [5, 5.41) is 0. The molecule has 0 aliphatic heterocycles. The Morgan fingerprint density at radius 3 is 2.67 bits per heavy atom. The number of halogens is 2. The number of thiophene rings is 1. The lowest BCUT2D eigenvalue weighted by molar-refractivity contribution is 0.680. The van der Waals surface area contributed by atoms with Gasteiger partial charge in [-0.15, -0.1) is 22.9 Å². The van der Waals surface area contributed by atoms with Crippen LogP contribution < -0.4 is 0 Å². The van der Waals surface area contributed by atoms with Gasteiger partial charge in [0.05, 0.1) is 4.34 Å². The first-order valence-corrected chi connectivity index (χ1v) is 5.82.